The van der Waals surface area contributed by atoms with Crippen molar-refractivity contribution < 1.29 is 0 Å². The van der Waals surface area contributed by atoms with Crippen molar-refractivity contribution >= 4 is 48.8 Å². The Hall–Kier alpha value is -9.04. The number of aromatic nitrogens is 3. The Labute approximate surface area is 382 Å². The smallest absolute Gasteiger partial charge is 0.195 e. The molecule has 0 bridgehead atoms. The lowest BCUT2D eigenvalue weighted by Crippen LogP contribution is -2.00. The number of nitrogens with zero attached hydrogens (tertiary/aromatic N) is 4. The Morgan fingerprint density at radius 3 is 1.52 bits per heavy atom. The molecule has 12 aromatic rings. The average Bonchev–Trinajstić information content (AvgIpc) is 3.40. The number of hydrogen-bond donors (Lipinski definition) is 0. The van der Waals surface area contributed by atoms with Crippen LogP contribution >= 0.6 is 0 Å². The van der Waals surface area contributed by atoms with Crippen molar-refractivity contribution in [1.29, 1.82) is 0 Å². The van der Waals surface area contributed by atoms with Gasteiger partial charge in [-0.3, -0.25) is 0 Å². The predicted molar refractivity (Wildman–Crippen MR) is 274 cm³/mol. The van der Waals surface area contributed by atoms with Gasteiger partial charge in [-0.25, -0.2) is 19.8 Å². The number of rotatable bonds is 7. The van der Waals surface area contributed by atoms with Gasteiger partial charge < -0.3 is 0 Å². The molecule has 0 radical (unpaired) electrons. The zero-order valence-electron chi connectivity index (χ0n) is 35.7. The number of fused-ring (bicyclic) bond motifs is 6. The molecule has 11 aromatic carbocycles. The monoisotopic (exact) mass is 838 g/mol. The molecular formula is C62H38N4. The van der Waals surface area contributed by atoms with Gasteiger partial charge in [0.2, 0.25) is 0 Å². The molecule has 1 heterocycles. The van der Waals surface area contributed by atoms with E-state index in [4.69, 9.17) is 21.5 Å². The molecule has 0 saturated heterocycles. The first-order chi connectivity index (χ1) is 32.7. The summed E-state index contributed by atoms with van der Waals surface area (Å²) in [4.78, 5) is 19.5. The van der Waals surface area contributed by atoms with Crippen LogP contribution in [0.5, 0.6) is 0 Å². The van der Waals surface area contributed by atoms with Gasteiger partial charge in [-0.15, -0.1) is 0 Å². The molecule has 0 aliphatic rings. The van der Waals surface area contributed by atoms with E-state index in [9.17, 15) is 0 Å². The van der Waals surface area contributed by atoms with Gasteiger partial charge in [-0.2, -0.15) is 0 Å². The van der Waals surface area contributed by atoms with E-state index in [0.29, 0.717) is 23.2 Å². The molecule has 0 spiro atoms. The van der Waals surface area contributed by atoms with Gasteiger partial charge in [0.15, 0.2) is 23.2 Å². The molecule has 1 aromatic heterocycles. The van der Waals surface area contributed by atoms with Crippen molar-refractivity contribution in [2.24, 2.45) is 0 Å². The van der Waals surface area contributed by atoms with Crippen molar-refractivity contribution in [2.75, 3.05) is 0 Å². The van der Waals surface area contributed by atoms with E-state index in [1.165, 1.54) is 37.7 Å². The first-order valence-corrected chi connectivity index (χ1v) is 22.1. The van der Waals surface area contributed by atoms with Gasteiger partial charge in [-0.1, -0.05) is 212 Å². The van der Waals surface area contributed by atoms with Crippen LogP contribution in [0.2, 0.25) is 0 Å². The lowest BCUT2D eigenvalue weighted by Gasteiger charge is -2.18. The summed E-state index contributed by atoms with van der Waals surface area (Å²) in [6.45, 7) is 8.41. The Morgan fingerprint density at radius 1 is 0.288 bits per heavy atom. The van der Waals surface area contributed by atoms with Crippen molar-refractivity contribution in [3.05, 3.63) is 242 Å². The van der Waals surface area contributed by atoms with Crippen LogP contribution < -0.4 is 0 Å². The standard InChI is InChI=1S/C62H38N4/c1-63-57-30-14-28-52(59(57)55-27-10-9-26-53(55)54-29-13-19-43-35-33-41-16-6-8-25-51(41)58(43)54)47-22-11-20-45(37-47)46-21-12-23-48(38-46)61-64-60(44-17-3-2-4-18-44)65-62(66-61)49-36-34-42-32-31-40-15-5-7-24-50(40)56(42)39-49/h2-39H. The van der Waals surface area contributed by atoms with Gasteiger partial charge >= 0.3 is 0 Å². The highest BCUT2D eigenvalue weighted by Gasteiger charge is 2.20. The second-order valence-corrected chi connectivity index (χ2v) is 16.6. The summed E-state index contributed by atoms with van der Waals surface area (Å²) in [7, 11) is 0. The van der Waals surface area contributed by atoms with Crippen LogP contribution in [0.15, 0.2) is 231 Å². The van der Waals surface area contributed by atoms with Gasteiger partial charge in [0.05, 0.1) is 6.57 Å². The van der Waals surface area contributed by atoms with E-state index in [2.05, 4.69) is 193 Å². The maximum atomic E-state index is 8.41. The second kappa shape index (κ2) is 16.3. The van der Waals surface area contributed by atoms with E-state index >= 15 is 0 Å². The van der Waals surface area contributed by atoms with Gasteiger partial charge in [0.1, 0.15) is 0 Å². The fraction of sp³-hybridized carbons (Fsp3) is 0. The first kappa shape index (κ1) is 38.6. The molecule has 0 unspecified atom stereocenters. The second-order valence-electron chi connectivity index (χ2n) is 16.6. The molecule has 0 saturated carbocycles. The summed E-state index contributed by atoms with van der Waals surface area (Å²) in [6.07, 6.45) is 0. The Bertz CT molecular complexity index is 3900. The van der Waals surface area contributed by atoms with E-state index < -0.39 is 0 Å². The molecule has 0 fully saturated rings. The maximum absolute atomic E-state index is 8.41. The van der Waals surface area contributed by atoms with Gasteiger partial charge in [0.25, 0.3) is 0 Å². The van der Waals surface area contributed by atoms with Crippen molar-refractivity contribution in [1.82, 2.24) is 15.0 Å². The summed E-state index contributed by atoms with van der Waals surface area (Å²) in [5, 5.41) is 9.51. The number of hydrogen-bond acceptors (Lipinski definition) is 3. The fourth-order valence-corrected chi connectivity index (χ4v) is 9.57. The van der Waals surface area contributed by atoms with Crippen LogP contribution in [0, 0.1) is 6.57 Å². The summed E-state index contributed by atoms with van der Waals surface area (Å²) < 4.78 is 0. The third kappa shape index (κ3) is 6.84. The average molecular weight is 839 g/mol. The van der Waals surface area contributed by atoms with E-state index in [0.717, 1.165) is 66.6 Å². The largest absolute Gasteiger partial charge is 0.237 e. The lowest BCUT2D eigenvalue weighted by molar-refractivity contribution is 1.07. The van der Waals surface area contributed by atoms with E-state index in [1.807, 2.05) is 42.5 Å². The zero-order chi connectivity index (χ0) is 44.0. The highest BCUT2D eigenvalue weighted by molar-refractivity contribution is 6.16. The quantitative estimate of drug-likeness (QED) is 0.119. The normalized spacial score (nSPS) is 11.3. The van der Waals surface area contributed by atoms with Gasteiger partial charge in [-0.05, 0) is 106 Å². The number of benzene rings is 11. The summed E-state index contributed by atoms with van der Waals surface area (Å²) in [6, 6.07) is 80.5. The van der Waals surface area contributed by atoms with E-state index in [-0.39, 0.29) is 0 Å². The predicted octanol–water partition coefficient (Wildman–Crippen LogP) is 16.7. The molecule has 0 N–H and O–H groups in total. The van der Waals surface area contributed by atoms with Crippen LogP contribution in [0.3, 0.4) is 0 Å². The molecule has 4 heteroatoms. The molecule has 12 rings (SSSR count). The minimum atomic E-state index is 0.597. The SMILES string of the molecule is [C-]#[N+]c1cccc(-c2cccc(-c3cccc(-c4nc(-c5ccccc5)nc(-c5ccc6ccc7ccccc7c6c5)n4)c3)c2)c1-c1ccccc1-c1cccc2ccc3ccccc3c12. The van der Waals surface area contributed by atoms with Crippen LogP contribution in [-0.2, 0) is 0 Å². The zero-order valence-corrected chi connectivity index (χ0v) is 35.7. The molecule has 0 aliphatic heterocycles. The highest BCUT2D eigenvalue weighted by Crippen LogP contribution is 2.46. The summed E-state index contributed by atoms with van der Waals surface area (Å²) >= 11 is 0. The molecule has 66 heavy (non-hydrogen) atoms. The van der Waals surface area contributed by atoms with Gasteiger partial charge in [0, 0.05) is 16.7 Å². The Morgan fingerprint density at radius 2 is 0.758 bits per heavy atom. The van der Waals surface area contributed by atoms with Crippen molar-refractivity contribution in [3.63, 3.8) is 0 Å². The fourth-order valence-electron chi connectivity index (χ4n) is 9.57. The molecular weight excluding hydrogens is 801 g/mol. The molecule has 0 aliphatic carbocycles. The molecule has 0 amide bonds. The molecule has 4 nitrogen and oxygen atoms in total. The summed E-state index contributed by atoms with van der Waals surface area (Å²) in [5.74, 6) is 1.83. The molecule has 306 valence electrons. The van der Waals surface area contributed by atoms with Crippen molar-refractivity contribution in [3.8, 4) is 78.7 Å². The Kier molecular flexibility index (Phi) is 9.51. The first-order valence-electron chi connectivity index (χ1n) is 22.1. The minimum Gasteiger partial charge on any atom is -0.237 e. The third-order valence-electron chi connectivity index (χ3n) is 12.7. The minimum absolute atomic E-state index is 0.597. The van der Waals surface area contributed by atoms with Crippen LogP contribution in [0.4, 0.5) is 5.69 Å². The van der Waals surface area contributed by atoms with Crippen LogP contribution in [0.1, 0.15) is 0 Å². The highest BCUT2D eigenvalue weighted by atomic mass is 15.0. The maximum Gasteiger partial charge on any atom is 0.195 e. The lowest BCUT2D eigenvalue weighted by atomic mass is 9.85. The van der Waals surface area contributed by atoms with Crippen molar-refractivity contribution in [2.45, 2.75) is 0 Å². The van der Waals surface area contributed by atoms with E-state index in [1.54, 1.807) is 0 Å². The third-order valence-corrected chi connectivity index (χ3v) is 12.7. The van der Waals surface area contributed by atoms with Crippen LogP contribution in [0.25, 0.3) is 127 Å². The van der Waals surface area contributed by atoms with Crippen LogP contribution in [-0.4, -0.2) is 15.0 Å². The molecule has 0 atom stereocenters. The Balaban J connectivity index is 0.971. The summed E-state index contributed by atoms with van der Waals surface area (Å²) in [5.41, 5.74) is 11.6. The topological polar surface area (TPSA) is 43.0 Å².